The fraction of sp³-hybridized carbons (Fsp3) is 0.750. The molecule has 0 spiro atoms. The van der Waals surface area contributed by atoms with Crippen molar-refractivity contribution in [3.63, 3.8) is 0 Å². The SMILES string of the molecule is CCC(C)(CC)NCCc1nccn1C. The number of nitrogens with zero attached hydrogens (tertiary/aromatic N) is 2. The van der Waals surface area contributed by atoms with Crippen LogP contribution in [0.2, 0.25) is 0 Å². The molecule has 0 aliphatic rings. The number of hydrogen-bond acceptors (Lipinski definition) is 2. The van der Waals surface area contributed by atoms with E-state index in [1.807, 2.05) is 19.4 Å². The van der Waals surface area contributed by atoms with E-state index in [2.05, 4.69) is 35.6 Å². The molecule has 0 unspecified atom stereocenters. The van der Waals surface area contributed by atoms with Crippen LogP contribution in [-0.4, -0.2) is 21.6 Å². The fourth-order valence-corrected chi connectivity index (χ4v) is 1.61. The average Bonchev–Trinajstić information content (AvgIpc) is 2.64. The molecule has 86 valence electrons. The molecule has 1 rings (SSSR count). The molecular weight excluding hydrogens is 186 g/mol. The number of aromatic nitrogens is 2. The second kappa shape index (κ2) is 5.31. The van der Waals surface area contributed by atoms with Crippen LogP contribution in [0.5, 0.6) is 0 Å². The number of aryl methyl sites for hydroxylation is 1. The Bertz CT molecular complexity index is 287. The Kier molecular flexibility index (Phi) is 4.33. The summed E-state index contributed by atoms with van der Waals surface area (Å²) in [7, 11) is 2.04. The zero-order valence-corrected chi connectivity index (χ0v) is 10.4. The predicted octanol–water partition coefficient (Wildman–Crippen LogP) is 2.13. The van der Waals surface area contributed by atoms with Crippen molar-refractivity contribution in [2.45, 2.75) is 45.6 Å². The molecule has 0 aliphatic carbocycles. The Balaban J connectivity index is 2.36. The Hall–Kier alpha value is -0.830. The quantitative estimate of drug-likeness (QED) is 0.778. The van der Waals surface area contributed by atoms with E-state index in [0.29, 0.717) is 0 Å². The third kappa shape index (κ3) is 3.34. The predicted molar refractivity (Wildman–Crippen MR) is 63.9 cm³/mol. The van der Waals surface area contributed by atoms with Crippen molar-refractivity contribution < 1.29 is 0 Å². The van der Waals surface area contributed by atoms with E-state index in [1.165, 1.54) is 12.8 Å². The summed E-state index contributed by atoms with van der Waals surface area (Å²) in [5, 5.41) is 3.61. The maximum Gasteiger partial charge on any atom is 0.109 e. The highest BCUT2D eigenvalue weighted by Crippen LogP contribution is 2.13. The van der Waals surface area contributed by atoms with Gasteiger partial charge in [-0.25, -0.2) is 4.98 Å². The highest BCUT2D eigenvalue weighted by molar-refractivity contribution is 4.92. The molecule has 15 heavy (non-hydrogen) atoms. The van der Waals surface area contributed by atoms with Gasteiger partial charge in [0.25, 0.3) is 0 Å². The molecule has 0 saturated carbocycles. The van der Waals surface area contributed by atoms with Gasteiger partial charge in [-0.1, -0.05) is 13.8 Å². The Morgan fingerprint density at radius 2 is 2.07 bits per heavy atom. The van der Waals surface area contributed by atoms with Gasteiger partial charge in [0.2, 0.25) is 0 Å². The maximum absolute atomic E-state index is 4.31. The van der Waals surface area contributed by atoms with Crippen LogP contribution in [0.4, 0.5) is 0 Å². The maximum atomic E-state index is 4.31. The Morgan fingerprint density at radius 1 is 1.40 bits per heavy atom. The summed E-state index contributed by atoms with van der Waals surface area (Å²) >= 11 is 0. The van der Waals surface area contributed by atoms with Gasteiger partial charge < -0.3 is 9.88 Å². The molecule has 0 aliphatic heterocycles. The molecule has 1 heterocycles. The molecule has 0 radical (unpaired) electrons. The third-order valence-corrected chi connectivity index (χ3v) is 3.38. The van der Waals surface area contributed by atoms with Crippen molar-refractivity contribution in [2.24, 2.45) is 7.05 Å². The second-order valence-corrected chi connectivity index (χ2v) is 4.40. The number of imidazole rings is 1. The second-order valence-electron chi connectivity index (χ2n) is 4.40. The molecule has 0 atom stereocenters. The first-order chi connectivity index (χ1) is 7.11. The van der Waals surface area contributed by atoms with Gasteiger partial charge in [0, 0.05) is 37.9 Å². The molecule has 0 saturated heterocycles. The minimum atomic E-state index is 0.283. The lowest BCUT2D eigenvalue weighted by atomic mass is 9.95. The number of nitrogens with one attached hydrogen (secondary N) is 1. The van der Waals surface area contributed by atoms with Crippen molar-refractivity contribution in [1.82, 2.24) is 14.9 Å². The van der Waals surface area contributed by atoms with Crippen molar-refractivity contribution >= 4 is 0 Å². The van der Waals surface area contributed by atoms with Gasteiger partial charge in [0.15, 0.2) is 0 Å². The summed E-state index contributed by atoms with van der Waals surface area (Å²) in [6.07, 6.45) is 7.19. The van der Waals surface area contributed by atoms with Crippen LogP contribution in [0.3, 0.4) is 0 Å². The summed E-state index contributed by atoms with van der Waals surface area (Å²) in [4.78, 5) is 4.31. The van der Waals surface area contributed by atoms with E-state index in [1.54, 1.807) is 0 Å². The minimum absolute atomic E-state index is 0.283. The minimum Gasteiger partial charge on any atom is -0.338 e. The van der Waals surface area contributed by atoms with E-state index in [-0.39, 0.29) is 5.54 Å². The lowest BCUT2D eigenvalue weighted by Crippen LogP contribution is -2.42. The number of hydrogen-bond donors (Lipinski definition) is 1. The highest BCUT2D eigenvalue weighted by Gasteiger charge is 2.17. The van der Waals surface area contributed by atoms with Crippen LogP contribution in [-0.2, 0) is 13.5 Å². The van der Waals surface area contributed by atoms with E-state index in [9.17, 15) is 0 Å². The van der Waals surface area contributed by atoms with Crippen LogP contribution in [0.15, 0.2) is 12.4 Å². The largest absolute Gasteiger partial charge is 0.338 e. The smallest absolute Gasteiger partial charge is 0.109 e. The molecule has 0 aromatic carbocycles. The van der Waals surface area contributed by atoms with Crippen molar-refractivity contribution in [1.29, 1.82) is 0 Å². The standard InChI is InChI=1S/C12H23N3/c1-5-12(3,6-2)14-8-7-11-13-9-10-15(11)4/h9-10,14H,5-8H2,1-4H3. The van der Waals surface area contributed by atoms with Crippen molar-refractivity contribution in [3.8, 4) is 0 Å². The molecule has 1 aromatic rings. The Morgan fingerprint density at radius 3 is 2.53 bits per heavy atom. The van der Waals surface area contributed by atoms with Crippen LogP contribution in [0, 0.1) is 0 Å². The first-order valence-electron chi connectivity index (χ1n) is 5.82. The molecule has 1 aromatic heterocycles. The monoisotopic (exact) mass is 209 g/mol. The summed E-state index contributed by atoms with van der Waals surface area (Å²) in [5.74, 6) is 1.15. The molecule has 0 amide bonds. The summed E-state index contributed by atoms with van der Waals surface area (Å²) in [6, 6.07) is 0. The van der Waals surface area contributed by atoms with Crippen molar-refractivity contribution in [2.75, 3.05) is 6.54 Å². The van der Waals surface area contributed by atoms with Crippen LogP contribution < -0.4 is 5.32 Å². The zero-order chi connectivity index (χ0) is 11.3. The zero-order valence-electron chi connectivity index (χ0n) is 10.4. The molecule has 0 bridgehead atoms. The molecule has 3 heteroatoms. The average molecular weight is 209 g/mol. The lowest BCUT2D eigenvalue weighted by Gasteiger charge is -2.28. The normalized spacial score (nSPS) is 12.0. The third-order valence-electron chi connectivity index (χ3n) is 3.38. The number of rotatable bonds is 6. The van der Waals surface area contributed by atoms with Gasteiger partial charge in [0.1, 0.15) is 5.82 Å². The van der Waals surface area contributed by atoms with Crippen LogP contribution in [0.1, 0.15) is 39.4 Å². The Labute approximate surface area is 92.9 Å². The first kappa shape index (κ1) is 12.2. The summed E-state index contributed by atoms with van der Waals surface area (Å²) < 4.78 is 2.08. The molecular formula is C12H23N3. The summed E-state index contributed by atoms with van der Waals surface area (Å²) in [6.45, 7) is 7.75. The van der Waals surface area contributed by atoms with Gasteiger partial charge in [-0.3, -0.25) is 0 Å². The fourth-order valence-electron chi connectivity index (χ4n) is 1.61. The van der Waals surface area contributed by atoms with E-state index >= 15 is 0 Å². The van der Waals surface area contributed by atoms with Crippen LogP contribution in [0.25, 0.3) is 0 Å². The van der Waals surface area contributed by atoms with E-state index in [0.717, 1.165) is 18.8 Å². The van der Waals surface area contributed by atoms with E-state index < -0.39 is 0 Å². The van der Waals surface area contributed by atoms with Gasteiger partial charge in [-0.2, -0.15) is 0 Å². The summed E-state index contributed by atoms with van der Waals surface area (Å²) in [5.41, 5.74) is 0.283. The van der Waals surface area contributed by atoms with Gasteiger partial charge in [0.05, 0.1) is 0 Å². The van der Waals surface area contributed by atoms with Crippen molar-refractivity contribution in [3.05, 3.63) is 18.2 Å². The van der Waals surface area contributed by atoms with Gasteiger partial charge in [-0.15, -0.1) is 0 Å². The van der Waals surface area contributed by atoms with Gasteiger partial charge in [-0.05, 0) is 19.8 Å². The van der Waals surface area contributed by atoms with Crippen LogP contribution >= 0.6 is 0 Å². The topological polar surface area (TPSA) is 29.9 Å². The van der Waals surface area contributed by atoms with E-state index in [4.69, 9.17) is 0 Å². The molecule has 3 nitrogen and oxygen atoms in total. The molecule has 0 fully saturated rings. The highest BCUT2D eigenvalue weighted by atomic mass is 15.0. The lowest BCUT2D eigenvalue weighted by molar-refractivity contribution is 0.333. The van der Waals surface area contributed by atoms with Gasteiger partial charge >= 0.3 is 0 Å². The molecule has 1 N–H and O–H groups in total. The first-order valence-corrected chi connectivity index (χ1v) is 5.82.